The largest absolute Gasteiger partial charge is 0.274 e. The number of hydrazone groups is 1. The monoisotopic (exact) mass is 244 g/mol. The second-order valence-corrected chi connectivity index (χ2v) is 3.83. The highest BCUT2D eigenvalue weighted by atomic mass is 35.5. The number of carbonyl (C=O) groups is 1. The number of rotatable bonds is 2. The fourth-order valence-corrected chi connectivity index (χ4v) is 1.55. The van der Waals surface area contributed by atoms with Crippen LogP contribution in [0.25, 0.3) is 0 Å². The lowest BCUT2D eigenvalue weighted by Gasteiger charge is -2.04. The van der Waals surface area contributed by atoms with Crippen LogP contribution in [0.5, 0.6) is 0 Å². The number of benzene rings is 1. The molecule has 0 atom stereocenters. The molecule has 0 radical (unpaired) electrons. The van der Waals surface area contributed by atoms with Crippen molar-refractivity contribution in [2.75, 3.05) is 0 Å². The van der Waals surface area contributed by atoms with Crippen LogP contribution in [0.4, 0.5) is 0 Å². The lowest BCUT2D eigenvalue weighted by molar-refractivity contribution is -0.118. The average Bonchev–Trinajstić information content (AvgIpc) is 2.14. The highest BCUT2D eigenvalue weighted by Crippen LogP contribution is 2.21. The fourth-order valence-electron chi connectivity index (χ4n) is 1.01. The van der Waals surface area contributed by atoms with Gasteiger partial charge in [0.2, 0.25) is 5.91 Å². The number of amides is 1. The Morgan fingerprint density at radius 1 is 1.33 bits per heavy atom. The van der Waals surface area contributed by atoms with Crippen LogP contribution >= 0.6 is 23.2 Å². The number of halogens is 2. The molecule has 0 aliphatic heterocycles. The Morgan fingerprint density at radius 3 is 2.53 bits per heavy atom. The third kappa shape index (κ3) is 3.53. The van der Waals surface area contributed by atoms with E-state index in [2.05, 4.69) is 10.5 Å². The van der Waals surface area contributed by atoms with Gasteiger partial charge in [-0.05, 0) is 19.1 Å². The molecule has 0 saturated carbocycles. The molecular weight excluding hydrogens is 235 g/mol. The van der Waals surface area contributed by atoms with E-state index in [1.54, 1.807) is 25.1 Å². The van der Waals surface area contributed by atoms with Crippen LogP contribution in [0.3, 0.4) is 0 Å². The van der Waals surface area contributed by atoms with Gasteiger partial charge in [0, 0.05) is 17.5 Å². The number of carbonyl (C=O) groups excluding carboxylic acids is 1. The molecule has 80 valence electrons. The Kier molecular flexibility index (Phi) is 4.12. The molecule has 15 heavy (non-hydrogen) atoms. The van der Waals surface area contributed by atoms with Gasteiger partial charge >= 0.3 is 0 Å². The van der Waals surface area contributed by atoms with E-state index >= 15 is 0 Å². The molecule has 1 rings (SSSR count). The maximum Gasteiger partial charge on any atom is 0.236 e. The molecule has 1 aromatic rings. The zero-order chi connectivity index (χ0) is 11.4. The quantitative estimate of drug-likeness (QED) is 0.631. The summed E-state index contributed by atoms with van der Waals surface area (Å²) in [6.07, 6.45) is 0. The van der Waals surface area contributed by atoms with Crippen molar-refractivity contribution in [3.8, 4) is 0 Å². The summed E-state index contributed by atoms with van der Waals surface area (Å²) >= 11 is 11.7. The van der Waals surface area contributed by atoms with E-state index < -0.39 is 0 Å². The third-order valence-electron chi connectivity index (χ3n) is 1.70. The van der Waals surface area contributed by atoms with Gasteiger partial charge < -0.3 is 0 Å². The van der Waals surface area contributed by atoms with Crippen molar-refractivity contribution in [1.82, 2.24) is 5.43 Å². The van der Waals surface area contributed by atoms with Crippen LogP contribution in [0.1, 0.15) is 19.4 Å². The smallest absolute Gasteiger partial charge is 0.236 e. The Morgan fingerprint density at radius 2 is 2.00 bits per heavy atom. The van der Waals surface area contributed by atoms with Gasteiger partial charge in [0.25, 0.3) is 0 Å². The SMILES string of the molecule is CC(=O)N/N=C(\C)c1ccc(Cl)cc1Cl. The van der Waals surface area contributed by atoms with Gasteiger partial charge in [-0.2, -0.15) is 5.10 Å². The summed E-state index contributed by atoms with van der Waals surface area (Å²) in [5, 5.41) is 4.95. The van der Waals surface area contributed by atoms with Gasteiger partial charge in [-0.1, -0.05) is 29.3 Å². The summed E-state index contributed by atoms with van der Waals surface area (Å²) in [7, 11) is 0. The van der Waals surface area contributed by atoms with Gasteiger partial charge in [-0.3, -0.25) is 4.79 Å². The predicted octanol–water partition coefficient (Wildman–Crippen LogP) is 2.85. The topological polar surface area (TPSA) is 41.5 Å². The summed E-state index contributed by atoms with van der Waals surface area (Å²) in [5.74, 6) is -0.223. The molecule has 0 heterocycles. The number of nitrogens with one attached hydrogen (secondary N) is 1. The van der Waals surface area contributed by atoms with Gasteiger partial charge in [0.1, 0.15) is 0 Å². The van der Waals surface area contributed by atoms with E-state index in [4.69, 9.17) is 23.2 Å². The molecule has 0 aromatic heterocycles. The van der Waals surface area contributed by atoms with Crippen LogP contribution in [0, 0.1) is 0 Å². The fraction of sp³-hybridized carbons (Fsp3) is 0.200. The minimum Gasteiger partial charge on any atom is -0.274 e. The van der Waals surface area contributed by atoms with E-state index in [-0.39, 0.29) is 5.91 Å². The van der Waals surface area contributed by atoms with Crippen molar-refractivity contribution >= 4 is 34.8 Å². The third-order valence-corrected chi connectivity index (χ3v) is 2.25. The van der Waals surface area contributed by atoms with Crippen molar-refractivity contribution in [3.05, 3.63) is 33.8 Å². The van der Waals surface area contributed by atoms with E-state index in [1.165, 1.54) is 6.92 Å². The summed E-state index contributed by atoms with van der Waals surface area (Å²) in [4.78, 5) is 10.6. The molecule has 1 N–H and O–H groups in total. The predicted molar refractivity (Wildman–Crippen MR) is 62.5 cm³/mol. The van der Waals surface area contributed by atoms with Crippen LogP contribution in [0.2, 0.25) is 10.0 Å². The van der Waals surface area contributed by atoms with Crippen LogP contribution in [-0.2, 0) is 4.79 Å². The Bertz CT molecular complexity index is 416. The van der Waals surface area contributed by atoms with Gasteiger partial charge in [-0.15, -0.1) is 0 Å². The number of hydrogen-bond donors (Lipinski definition) is 1. The van der Waals surface area contributed by atoms with Crippen LogP contribution < -0.4 is 5.43 Å². The molecule has 0 saturated heterocycles. The van der Waals surface area contributed by atoms with E-state index in [0.717, 1.165) is 5.56 Å². The highest BCUT2D eigenvalue weighted by Gasteiger charge is 2.04. The van der Waals surface area contributed by atoms with E-state index in [0.29, 0.717) is 15.8 Å². The molecule has 0 aliphatic rings. The van der Waals surface area contributed by atoms with Crippen molar-refractivity contribution < 1.29 is 4.79 Å². The van der Waals surface area contributed by atoms with E-state index in [9.17, 15) is 4.79 Å². The zero-order valence-electron chi connectivity index (χ0n) is 8.34. The lowest BCUT2D eigenvalue weighted by atomic mass is 10.1. The van der Waals surface area contributed by atoms with Crippen molar-refractivity contribution in [2.45, 2.75) is 13.8 Å². The zero-order valence-corrected chi connectivity index (χ0v) is 9.86. The molecule has 0 aliphatic carbocycles. The normalized spacial score (nSPS) is 11.3. The summed E-state index contributed by atoms with van der Waals surface area (Å²) < 4.78 is 0. The first-order valence-corrected chi connectivity index (χ1v) is 5.02. The molecule has 0 spiro atoms. The summed E-state index contributed by atoms with van der Waals surface area (Å²) in [6.45, 7) is 3.14. The molecule has 0 unspecified atom stereocenters. The summed E-state index contributed by atoms with van der Waals surface area (Å²) in [6, 6.07) is 5.10. The minimum atomic E-state index is -0.223. The van der Waals surface area contributed by atoms with Gasteiger partial charge in [0.15, 0.2) is 0 Å². The second kappa shape index (κ2) is 5.14. The van der Waals surface area contributed by atoms with Gasteiger partial charge in [0.05, 0.1) is 10.7 Å². The lowest BCUT2D eigenvalue weighted by Crippen LogP contribution is -2.15. The van der Waals surface area contributed by atoms with Crippen LogP contribution in [0.15, 0.2) is 23.3 Å². The highest BCUT2D eigenvalue weighted by molar-refractivity contribution is 6.37. The molecule has 0 fully saturated rings. The number of hydrogen-bond acceptors (Lipinski definition) is 2. The first-order chi connectivity index (χ1) is 7.00. The Balaban J connectivity index is 2.95. The second-order valence-electron chi connectivity index (χ2n) is 2.99. The van der Waals surface area contributed by atoms with Crippen LogP contribution in [-0.4, -0.2) is 11.6 Å². The number of nitrogens with zero attached hydrogens (tertiary/aromatic N) is 1. The van der Waals surface area contributed by atoms with Crippen molar-refractivity contribution in [1.29, 1.82) is 0 Å². The summed E-state index contributed by atoms with van der Waals surface area (Å²) in [5.41, 5.74) is 3.72. The average molecular weight is 245 g/mol. The molecular formula is C10H10Cl2N2O. The standard InChI is InChI=1S/C10H10Cl2N2O/c1-6(13-14-7(2)15)9-4-3-8(11)5-10(9)12/h3-5H,1-2H3,(H,14,15)/b13-6+. The van der Waals surface area contributed by atoms with Gasteiger partial charge in [-0.25, -0.2) is 5.43 Å². The first-order valence-electron chi connectivity index (χ1n) is 4.27. The van der Waals surface area contributed by atoms with Crippen molar-refractivity contribution in [3.63, 3.8) is 0 Å². The maximum atomic E-state index is 10.6. The first kappa shape index (κ1) is 12.0. The maximum absolute atomic E-state index is 10.6. The molecule has 0 bridgehead atoms. The Hall–Kier alpha value is -1.06. The molecule has 5 heteroatoms. The minimum absolute atomic E-state index is 0.223. The molecule has 3 nitrogen and oxygen atoms in total. The van der Waals surface area contributed by atoms with E-state index in [1.807, 2.05) is 0 Å². The Labute approximate surface area is 98.1 Å². The van der Waals surface area contributed by atoms with Crippen molar-refractivity contribution in [2.24, 2.45) is 5.10 Å². The molecule has 1 aromatic carbocycles. The molecule has 1 amide bonds.